The highest BCUT2D eigenvalue weighted by Crippen LogP contribution is 2.44. The van der Waals surface area contributed by atoms with E-state index in [4.69, 9.17) is 9.47 Å². The van der Waals surface area contributed by atoms with Crippen LogP contribution in [0, 0.1) is 6.92 Å². The zero-order valence-electron chi connectivity index (χ0n) is 19.4. The number of amides is 1. The number of hydrogen-bond acceptors (Lipinski definition) is 7. The van der Waals surface area contributed by atoms with Crippen molar-refractivity contribution in [1.29, 1.82) is 0 Å². The van der Waals surface area contributed by atoms with Gasteiger partial charge in [-0.1, -0.05) is 59.8 Å². The number of carbonyl (C=O) groups is 2. The van der Waals surface area contributed by atoms with Crippen LogP contribution >= 0.6 is 11.8 Å². The van der Waals surface area contributed by atoms with Crippen LogP contribution in [-0.4, -0.2) is 42.3 Å². The number of allylic oxidation sites excluding steroid dienone is 1. The van der Waals surface area contributed by atoms with E-state index in [1.165, 1.54) is 11.8 Å². The molecule has 4 rings (SSSR count). The van der Waals surface area contributed by atoms with Crippen LogP contribution in [0.4, 0.5) is 5.69 Å². The van der Waals surface area contributed by atoms with Crippen LogP contribution in [0.3, 0.4) is 0 Å². The van der Waals surface area contributed by atoms with Crippen molar-refractivity contribution in [2.24, 2.45) is 4.99 Å². The van der Waals surface area contributed by atoms with E-state index in [-0.39, 0.29) is 18.9 Å². The Morgan fingerprint density at radius 3 is 2.50 bits per heavy atom. The summed E-state index contributed by atoms with van der Waals surface area (Å²) in [5.41, 5.74) is 4.62. The van der Waals surface area contributed by atoms with Gasteiger partial charge in [0.2, 0.25) is 5.91 Å². The number of aliphatic imine (C=N–C) groups is 1. The molecule has 0 saturated heterocycles. The normalized spacial score (nSPS) is 17.1. The van der Waals surface area contributed by atoms with Gasteiger partial charge in [0.1, 0.15) is 6.61 Å². The third-order valence-corrected chi connectivity index (χ3v) is 6.42. The molecule has 1 atom stereocenters. The quantitative estimate of drug-likeness (QED) is 0.435. The molecule has 1 N–H and O–H groups in total. The highest BCUT2D eigenvalue weighted by atomic mass is 32.2. The Balaban J connectivity index is 1.61. The van der Waals surface area contributed by atoms with Gasteiger partial charge in [-0.25, -0.2) is 9.79 Å². The van der Waals surface area contributed by atoms with Crippen LogP contribution in [0.15, 0.2) is 82.0 Å². The van der Waals surface area contributed by atoms with Gasteiger partial charge in [-0.2, -0.15) is 0 Å². The van der Waals surface area contributed by atoms with Gasteiger partial charge in [0, 0.05) is 18.5 Å². The predicted molar refractivity (Wildman–Crippen MR) is 134 cm³/mol. The van der Waals surface area contributed by atoms with E-state index >= 15 is 0 Å². The molecule has 8 heteroatoms. The van der Waals surface area contributed by atoms with Gasteiger partial charge in [-0.3, -0.25) is 4.79 Å². The lowest BCUT2D eigenvalue weighted by Gasteiger charge is -2.36. The Bertz CT molecular complexity index is 1160. The second-order valence-corrected chi connectivity index (χ2v) is 8.86. The van der Waals surface area contributed by atoms with Crippen LogP contribution in [0.1, 0.15) is 30.5 Å². The molecule has 0 radical (unpaired) electrons. The summed E-state index contributed by atoms with van der Waals surface area (Å²) in [5.74, 6) is -0.578. The molecule has 0 saturated carbocycles. The molecular formula is C26H27N3O4S. The lowest BCUT2D eigenvalue weighted by atomic mass is 9.94. The summed E-state index contributed by atoms with van der Waals surface area (Å²) in [6.07, 6.45) is 0.147. The number of fused-ring (bicyclic) bond motifs is 1. The fourth-order valence-electron chi connectivity index (χ4n) is 3.88. The van der Waals surface area contributed by atoms with Gasteiger partial charge in [0.25, 0.3) is 0 Å². The van der Waals surface area contributed by atoms with E-state index in [9.17, 15) is 9.59 Å². The summed E-state index contributed by atoms with van der Waals surface area (Å²) in [4.78, 5) is 32.6. The molecule has 0 spiro atoms. The molecule has 7 nitrogen and oxygen atoms in total. The molecule has 0 aromatic heterocycles. The van der Waals surface area contributed by atoms with Gasteiger partial charge in [0.05, 0.1) is 30.3 Å². The monoisotopic (exact) mass is 477 g/mol. The van der Waals surface area contributed by atoms with Crippen molar-refractivity contribution in [1.82, 2.24) is 4.90 Å². The van der Waals surface area contributed by atoms with Crippen molar-refractivity contribution in [2.45, 2.75) is 26.3 Å². The van der Waals surface area contributed by atoms with Crippen molar-refractivity contribution < 1.29 is 19.1 Å². The minimum atomic E-state index is -0.447. The van der Waals surface area contributed by atoms with Gasteiger partial charge in [-0.15, -0.1) is 0 Å². The maximum absolute atomic E-state index is 13.1. The summed E-state index contributed by atoms with van der Waals surface area (Å²) in [6.45, 7) is 4.28. The maximum Gasteiger partial charge on any atom is 0.338 e. The minimum Gasteiger partial charge on any atom is -0.460 e. The second-order valence-electron chi connectivity index (χ2n) is 8.02. The first-order chi connectivity index (χ1) is 16.5. The SMILES string of the molecule is COCCOC(=O)C1=C(C)N=C2SC=C(CC(=O)Nc3ccc(C)cc3)N2[C@H]1c1ccccc1. The number of ether oxygens (including phenoxy) is 2. The fraction of sp³-hybridized carbons (Fsp3) is 0.269. The van der Waals surface area contributed by atoms with Crippen molar-refractivity contribution >= 4 is 34.5 Å². The van der Waals surface area contributed by atoms with Crippen LogP contribution in [0.2, 0.25) is 0 Å². The molecule has 0 unspecified atom stereocenters. The molecule has 2 aromatic rings. The number of thioether (sulfide) groups is 1. The Kier molecular flexibility index (Phi) is 7.49. The number of carbonyl (C=O) groups excluding carboxylic acids is 2. The standard InChI is InChI=1S/C26H27N3O4S/c1-17-9-11-20(12-10-17)28-22(30)15-21-16-34-26-27-18(2)23(25(31)33-14-13-32-3)24(29(21)26)19-7-5-4-6-8-19/h4-12,16,24H,13-15H2,1-3H3,(H,28,30)/t24-/m0/s1. The van der Waals surface area contributed by atoms with E-state index in [1.54, 1.807) is 7.11 Å². The fourth-order valence-corrected chi connectivity index (χ4v) is 4.85. The highest BCUT2D eigenvalue weighted by molar-refractivity contribution is 8.16. The molecule has 2 aliphatic rings. The summed E-state index contributed by atoms with van der Waals surface area (Å²) >= 11 is 1.45. The van der Waals surface area contributed by atoms with Gasteiger partial charge in [0.15, 0.2) is 5.17 Å². The van der Waals surface area contributed by atoms with Crippen molar-refractivity contribution in [3.63, 3.8) is 0 Å². The number of amidine groups is 1. The van der Waals surface area contributed by atoms with Crippen LogP contribution in [-0.2, 0) is 19.1 Å². The number of anilines is 1. The van der Waals surface area contributed by atoms with Gasteiger partial charge in [-0.05, 0) is 37.0 Å². The number of benzene rings is 2. The first-order valence-corrected chi connectivity index (χ1v) is 11.9. The summed E-state index contributed by atoms with van der Waals surface area (Å²) in [6, 6.07) is 17.0. The third kappa shape index (κ3) is 5.24. The molecule has 2 aromatic carbocycles. The van der Waals surface area contributed by atoms with E-state index in [2.05, 4.69) is 10.3 Å². The zero-order chi connectivity index (χ0) is 24.1. The van der Waals surface area contributed by atoms with Crippen molar-refractivity contribution in [3.8, 4) is 0 Å². The predicted octanol–water partition coefficient (Wildman–Crippen LogP) is 4.79. The van der Waals surface area contributed by atoms with Crippen LogP contribution < -0.4 is 5.32 Å². The smallest absolute Gasteiger partial charge is 0.338 e. The first-order valence-electron chi connectivity index (χ1n) is 11.0. The zero-order valence-corrected chi connectivity index (χ0v) is 20.2. The van der Waals surface area contributed by atoms with Crippen LogP contribution in [0.25, 0.3) is 0 Å². The molecule has 0 fully saturated rings. The number of rotatable bonds is 8. The first kappa shape index (κ1) is 23.8. The van der Waals surface area contributed by atoms with Crippen LogP contribution in [0.5, 0.6) is 0 Å². The third-order valence-electron chi connectivity index (χ3n) is 5.53. The molecule has 2 aliphatic heterocycles. The summed E-state index contributed by atoms with van der Waals surface area (Å²) in [5, 5.41) is 5.61. The Morgan fingerprint density at radius 1 is 1.06 bits per heavy atom. The number of hydrogen-bond donors (Lipinski definition) is 1. The molecule has 2 heterocycles. The van der Waals surface area contributed by atoms with Gasteiger partial charge >= 0.3 is 5.97 Å². The minimum absolute atomic E-state index is 0.140. The van der Waals surface area contributed by atoms with Gasteiger partial charge < -0.3 is 19.7 Å². The molecule has 0 bridgehead atoms. The number of aryl methyl sites for hydroxylation is 1. The molecule has 34 heavy (non-hydrogen) atoms. The van der Waals surface area contributed by atoms with Crippen molar-refractivity contribution in [3.05, 3.63) is 88.1 Å². The maximum atomic E-state index is 13.1. The average molecular weight is 478 g/mol. The lowest BCUT2D eigenvalue weighted by Crippen LogP contribution is -2.37. The highest BCUT2D eigenvalue weighted by Gasteiger charge is 2.41. The number of methoxy groups -OCH3 is 1. The van der Waals surface area contributed by atoms with E-state index in [0.29, 0.717) is 17.9 Å². The molecule has 0 aliphatic carbocycles. The Labute approximate surface area is 203 Å². The topological polar surface area (TPSA) is 80.2 Å². The Morgan fingerprint density at radius 2 is 1.79 bits per heavy atom. The number of esters is 1. The molecular weight excluding hydrogens is 450 g/mol. The lowest BCUT2D eigenvalue weighted by molar-refractivity contribution is -0.141. The summed E-state index contributed by atoms with van der Waals surface area (Å²) in [7, 11) is 1.56. The largest absolute Gasteiger partial charge is 0.460 e. The average Bonchev–Trinajstić information content (AvgIpc) is 3.22. The molecule has 1 amide bonds. The van der Waals surface area contributed by atoms with Crippen molar-refractivity contribution in [2.75, 3.05) is 25.6 Å². The van der Waals surface area contributed by atoms with E-state index in [1.807, 2.05) is 78.8 Å². The number of nitrogens with zero attached hydrogens (tertiary/aromatic N) is 2. The van der Waals surface area contributed by atoms with E-state index < -0.39 is 12.0 Å². The molecule has 176 valence electrons. The van der Waals surface area contributed by atoms with E-state index in [0.717, 1.165) is 27.7 Å². The summed E-state index contributed by atoms with van der Waals surface area (Å²) < 4.78 is 10.5. The number of nitrogens with one attached hydrogen (secondary N) is 1. The second kappa shape index (κ2) is 10.7. The Hall–Kier alpha value is -3.36.